The number of unbranched alkanes of at least 4 members (excludes halogenated alkanes) is 8. The third-order valence-corrected chi connectivity index (χ3v) is 5.56. The zero-order valence-electron chi connectivity index (χ0n) is 15.2. The monoisotopic (exact) mass is 352 g/mol. The summed E-state index contributed by atoms with van der Waals surface area (Å²) in [6.45, 7) is 6.90. The van der Waals surface area contributed by atoms with Crippen molar-refractivity contribution in [2.75, 3.05) is 0 Å². The van der Waals surface area contributed by atoms with E-state index in [1.54, 1.807) is 0 Å². The SMILES string of the molecule is CCCCCCCCCCCC(C)(C)[Si]Oc1ccc(Cl)cc1. The van der Waals surface area contributed by atoms with Crippen LogP contribution in [0, 0.1) is 0 Å². The van der Waals surface area contributed by atoms with Gasteiger partial charge in [-0.2, -0.15) is 0 Å². The Labute approximate surface area is 151 Å². The number of halogens is 1. The fourth-order valence-electron chi connectivity index (χ4n) is 2.63. The lowest BCUT2D eigenvalue weighted by molar-refractivity contribution is 0.474. The Bertz CT molecular complexity index is 403. The first kappa shape index (κ1) is 20.6. The van der Waals surface area contributed by atoms with Gasteiger partial charge in [0.1, 0.15) is 5.75 Å². The van der Waals surface area contributed by atoms with E-state index in [-0.39, 0.29) is 5.04 Å². The van der Waals surface area contributed by atoms with Gasteiger partial charge in [0.25, 0.3) is 0 Å². The van der Waals surface area contributed by atoms with Crippen LogP contribution in [0.4, 0.5) is 0 Å². The lowest BCUT2D eigenvalue weighted by atomic mass is 10.0. The Morgan fingerprint density at radius 2 is 1.39 bits per heavy atom. The zero-order chi connectivity index (χ0) is 17.0. The van der Waals surface area contributed by atoms with Gasteiger partial charge >= 0.3 is 9.76 Å². The van der Waals surface area contributed by atoms with Gasteiger partial charge in [-0.05, 0) is 35.7 Å². The molecule has 1 aromatic carbocycles. The van der Waals surface area contributed by atoms with Crippen LogP contribution in [0.25, 0.3) is 0 Å². The maximum Gasteiger partial charge on any atom is 0.317 e. The number of hydrogen-bond acceptors (Lipinski definition) is 1. The van der Waals surface area contributed by atoms with Gasteiger partial charge in [-0.1, -0.05) is 90.2 Å². The standard InChI is InChI=1S/C20H33ClOSi/c1-4-5-6-7-8-9-10-11-12-17-20(2,3)23-22-19-15-13-18(21)14-16-19/h13-16H,4-12,17H2,1-3H3. The molecule has 1 rings (SSSR count). The molecule has 2 radical (unpaired) electrons. The van der Waals surface area contributed by atoms with E-state index in [0.717, 1.165) is 10.8 Å². The molecule has 0 spiro atoms. The van der Waals surface area contributed by atoms with Crippen molar-refractivity contribution in [2.45, 2.75) is 90.0 Å². The predicted molar refractivity (Wildman–Crippen MR) is 104 cm³/mol. The fraction of sp³-hybridized carbons (Fsp3) is 0.700. The highest BCUT2D eigenvalue weighted by molar-refractivity contribution is 6.33. The summed E-state index contributed by atoms with van der Waals surface area (Å²) in [6.07, 6.45) is 13.7. The van der Waals surface area contributed by atoms with Crippen LogP contribution in [0.1, 0.15) is 85.0 Å². The molecule has 0 saturated heterocycles. The first-order valence-electron chi connectivity index (χ1n) is 9.23. The van der Waals surface area contributed by atoms with Crippen LogP contribution >= 0.6 is 11.6 Å². The quantitative estimate of drug-likeness (QED) is 0.264. The fourth-order valence-corrected chi connectivity index (χ4v) is 3.56. The normalized spacial score (nSPS) is 11.7. The largest absolute Gasteiger partial charge is 0.540 e. The summed E-state index contributed by atoms with van der Waals surface area (Å²) in [4.78, 5) is 0. The molecule has 0 aliphatic rings. The molecule has 0 bridgehead atoms. The molecule has 0 unspecified atom stereocenters. The van der Waals surface area contributed by atoms with Crippen molar-refractivity contribution in [3.8, 4) is 5.75 Å². The smallest absolute Gasteiger partial charge is 0.317 e. The van der Waals surface area contributed by atoms with Crippen LogP contribution in [0.15, 0.2) is 24.3 Å². The van der Waals surface area contributed by atoms with Crippen LogP contribution in [-0.4, -0.2) is 9.76 Å². The third kappa shape index (κ3) is 10.8. The van der Waals surface area contributed by atoms with Gasteiger partial charge in [0.05, 0.1) is 0 Å². The van der Waals surface area contributed by atoms with E-state index in [1.165, 1.54) is 64.2 Å². The van der Waals surface area contributed by atoms with Crippen molar-refractivity contribution in [3.05, 3.63) is 29.3 Å². The molecule has 23 heavy (non-hydrogen) atoms. The minimum atomic E-state index is 0.265. The second kappa shape index (κ2) is 12.0. The minimum absolute atomic E-state index is 0.265. The van der Waals surface area contributed by atoms with Gasteiger partial charge in [0, 0.05) is 5.02 Å². The van der Waals surface area contributed by atoms with Crippen molar-refractivity contribution in [1.82, 2.24) is 0 Å². The van der Waals surface area contributed by atoms with Crippen LogP contribution in [0.5, 0.6) is 5.75 Å². The van der Waals surface area contributed by atoms with Crippen LogP contribution in [0.3, 0.4) is 0 Å². The van der Waals surface area contributed by atoms with Crippen molar-refractivity contribution in [1.29, 1.82) is 0 Å². The van der Waals surface area contributed by atoms with Gasteiger partial charge < -0.3 is 4.43 Å². The Kier molecular flexibility index (Phi) is 10.7. The van der Waals surface area contributed by atoms with Gasteiger partial charge in [0.15, 0.2) is 0 Å². The van der Waals surface area contributed by atoms with Gasteiger partial charge in [-0.15, -0.1) is 0 Å². The molecule has 0 aliphatic carbocycles. The second-order valence-corrected chi connectivity index (χ2v) is 9.32. The maximum atomic E-state index is 5.93. The third-order valence-electron chi connectivity index (χ3n) is 4.16. The molecule has 0 aliphatic heterocycles. The Balaban J connectivity index is 2.05. The Morgan fingerprint density at radius 3 is 1.96 bits per heavy atom. The van der Waals surface area contributed by atoms with Crippen LogP contribution in [-0.2, 0) is 0 Å². The lowest BCUT2D eigenvalue weighted by Crippen LogP contribution is -2.19. The molecule has 3 heteroatoms. The van der Waals surface area contributed by atoms with E-state index < -0.39 is 0 Å². The molecule has 0 atom stereocenters. The first-order valence-corrected chi connectivity index (χ1v) is 10.5. The summed E-state index contributed by atoms with van der Waals surface area (Å²) in [5.41, 5.74) is 0. The predicted octanol–water partition coefficient (Wildman–Crippen LogP) is 7.46. The van der Waals surface area contributed by atoms with E-state index >= 15 is 0 Å². The average Bonchev–Trinajstić information content (AvgIpc) is 2.53. The molecule has 0 N–H and O–H groups in total. The molecule has 0 heterocycles. The van der Waals surface area contributed by atoms with Crippen LogP contribution < -0.4 is 4.43 Å². The molecule has 1 aromatic rings. The first-order chi connectivity index (χ1) is 11.0. The molecule has 130 valence electrons. The Morgan fingerprint density at radius 1 is 0.870 bits per heavy atom. The highest BCUT2D eigenvalue weighted by atomic mass is 35.5. The number of hydrogen-bond donors (Lipinski definition) is 0. The van der Waals surface area contributed by atoms with E-state index in [9.17, 15) is 0 Å². The minimum Gasteiger partial charge on any atom is -0.540 e. The summed E-state index contributed by atoms with van der Waals surface area (Å²) < 4.78 is 5.93. The number of rotatable bonds is 13. The molecule has 0 amide bonds. The second-order valence-electron chi connectivity index (χ2n) is 7.12. The highest BCUT2D eigenvalue weighted by Crippen LogP contribution is 2.31. The topological polar surface area (TPSA) is 9.23 Å². The van der Waals surface area contributed by atoms with E-state index in [1.807, 2.05) is 24.3 Å². The molecule has 0 fully saturated rings. The average molecular weight is 353 g/mol. The molecule has 1 nitrogen and oxygen atoms in total. The van der Waals surface area contributed by atoms with Crippen molar-refractivity contribution < 1.29 is 4.43 Å². The van der Waals surface area contributed by atoms with Gasteiger partial charge in [0.2, 0.25) is 0 Å². The summed E-state index contributed by atoms with van der Waals surface area (Å²) in [5.74, 6) is 0.924. The molecular formula is C20H33ClOSi. The van der Waals surface area contributed by atoms with Crippen LogP contribution in [0.2, 0.25) is 10.1 Å². The summed E-state index contributed by atoms with van der Waals surface area (Å²) in [6, 6.07) is 7.66. The summed E-state index contributed by atoms with van der Waals surface area (Å²) >= 11 is 5.89. The van der Waals surface area contributed by atoms with Gasteiger partial charge in [-0.3, -0.25) is 0 Å². The number of benzene rings is 1. The van der Waals surface area contributed by atoms with Crippen molar-refractivity contribution in [3.63, 3.8) is 0 Å². The van der Waals surface area contributed by atoms with Crippen molar-refractivity contribution >= 4 is 21.4 Å². The molecule has 0 saturated carbocycles. The summed E-state index contributed by atoms with van der Waals surface area (Å²) in [7, 11) is 0.502. The Hall–Kier alpha value is -0.473. The zero-order valence-corrected chi connectivity index (χ0v) is 16.9. The maximum absolute atomic E-state index is 5.93. The molecule has 0 aromatic heterocycles. The molecular weight excluding hydrogens is 320 g/mol. The van der Waals surface area contributed by atoms with Crippen molar-refractivity contribution in [2.24, 2.45) is 0 Å². The van der Waals surface area contributed by atoms with E-state index in [2.05, 4.69) is 20.8 Å². The van der Waals surface area contributed by atoms with E-state index in [4.69, 9.17) is 16.0 Å². The summed E-state index contributed by atoms with van der Waals surface area (Å²) in [5, 5.41) is 1.02. The van der Waals surface area contributed by atoms with E-state index in [0.29, 0.717) is 9.76 Å². The highest BCUT2D eigenvalue weighted by Gasteiger charge is 2.21. The lowest BCUT2D eigenvalue weighted by Gasteiger charge is -2.22. The van der Waals surface area contributed by atoms with Gasteiger partial charge in [-0.25, -0.2) is 0 Å².